The molecule has 0 aliphatic rings. The van der Waals surface area contributed by atoms with Crippen LogP contribution in [0, 0.1) is 6.92 Å². The van der Waals surface area contributed by atoms with Gasteiger partial charge < -0.3 is 21.7 Å². The van der Waals surface area contributed by atoms with Crippen LogP contribution in [0.5, 0.6) is 5.75 Å². The number of carbonyl (C=O) groups is 1. The lowest BCUT2D eigenvalue weighted by Gasteiger charge is -2.06. The summed E-state index contributed by atoms with van der Waals surface area (Å²) in [7, 11) is 0. The van der Waals surface area contributed by atoms with Crippen LogP contribution < -0.4 is 11.5 Å². The van der Waals surface area contributed by atoms with Gasteiger partial charge >= 0.3 is 0 Å². The van der Waals surface area contributed by atoms with Gasteiger partial charge in [-0.15, -0.1) is 0 Å². The van der Waals surface area contributed by atoms with Gasteiger partial charge in [-0.25, -0.2) is 0 Å². The number of carbonyl (C=O) groups excluding carboxylic acids is 1. The maximum Gasteiger partial charge on any atom is 0.238 e. The molecule has 86 valence electrons. The van der Waals surface area contributed by atoms with Crippen molar-refractivity contribution in [2.75, 3.05) is 0 Å². The molecule has 1 unspecified atom stereocenters. The first-order valence-electron chi connectivity index (χ1n) is 4.67. The van der Waals surface area contributed by atoms with Gasteiger partial charge in [-0.2, -0.15) is 0 Å². The van der Waals surface area contributed by atoms with Gasteiger partial charge in [0.2, 0.25) is 5.91 Å². The second-order valence-corrected chi connectivity index (χ2v) is 3.48. The van der Waals surface area contributed by atoms with Gasteiger partial charge in [0.25, 0.3) is 0 Å². The molecule has 1 amide bonds. The molecule has 0 radical (unpaired) electrons. The van der Waals surface area contributed by atoms with E-state index in [0.717, 1.165) is 6.08 Å². The molecule has 6 N–H and O–H groups in total. The molecule has 0 fully saturated rings. The average Bonchev–Trinajstić information content (AvgIpc) is 2.21. The Morgan fingerprint density at radius 2 is 2.12 bits per heavy atom. The molecule has 0 heterocycles. The largest absolute Gasteiger partial charge is 0.508 e. The van der Waals surface area contributed by atoms with Crippen LogP contribution in [0.1, 0.15) is 11.1 Å². The predicted molar refractivity (Wildman–Crippen MR) is 60.6 cm³/mol. The molecule has 0 aliphatic carbocycles. The lowest BCUT2D eigenvalue weighted by molar-refractivity contribution is -0.118. The summed E-state index contributed by atoms with van der Waals surface area (Å²) in [4.78, 5) is 10.7. The number of hydrogen-bond acceptors (Lipinski definition) is 4. The van der Waals surface area contributed by atoms with Crippen molar-refractivity contribution in [3.8, 4) is 5.75 Å². The quantitative estimate of drug-likeness (QED) is 0.555. The van der Waals surface area contributed by atoms with E-state index >= 15 is 0 Å². The van der Waals surface area contributed by atoms with Crippen molar-refractivity contribution in [3.63, 3.8) is 0 Å². The van der Waals surface area contributed by atoms with Crippen LogP contribution in [0.2, 0.25) is 0 Å². The molecule has 0 spiro atoms. The van der Waals surface area contributed by atoms with E-state index in [0.29, 0.717) is 11.1 Å². The Labute approximate surface area is 93.0 Å². The van der Waals surface area contributed by atoms with Crippen molar-refractivity contribution in [2.24, 2.45) is 11.5 Å². The number of rotatable bonds is 3. The zero-order valence-corrected chi connectivity index (χ0v) is 8.84. The van der Waals surface area contributed by atoms with Gasteiger partial charge in [-0.1, -0.05) is 12.1 Å². The fourth-order valence-electron chi connectivity index (χ4n) is 1.12. The first-order valence-corrected chi connectivity index (χ1v) is 4.67. The van der Waals surface area contributed by atoms with Gasteiger partial charge in [-0.3, -0.25) is 4.79 Å². The zero-order valence-electron chi connectivity index (χ0n) is 8.84. The fourth-order valence-corrected chi connectivity index (χ4v) is 1.12. The first-order chi connectivity index (χ1) is 7.41. The summed E-state index contributed by atoms with van der Waals surface area (Å²) < 4.78 is 0. The highest BCUT2D eigenvalue weighted by molar-refractivity contribution is 5.83. The number of nitrogens with two attached hydrogens (primary N) is 2. The van der Waals surface area contributed by atoms with Crippen molar-refractivity contribution in [1.82, 2.24) is 0 Å². The Hall–Kier alpha value is -2.01. The van der Waals surface area contributed by atoms with Crippen LogP contribution in [0.3, 0.4) is 0 Å². The van der Waals surface area contributed by atoms with Crippen LogP contribution in [-0.4, -0.2) is 22.2 Å². The topological polar surface area (TPSA) is 110 Å². The van der Waals surface area contributed by atoms with Gasteiger partial charge in [0.05, 0.1) is 0 Å². The lowest BCUT2D eigenvalue weighted by atomic mass is 10.1. The molecule has 1 aromatic carbocycles. The molecule has 1 aromatic rings. The minimum Gasteiger partial charge on any atom is -0.508 e. The number of phenols is 1. The van der Waals surface area contributed by atoms with E-state index in [2.05, 4.69) is 0 Å². The summed E-state index contributed by atoms with van der Waals surface area (Å²) in [5.74, 6) is -0.866. The first kappa shape index (κ1) is 12.1. The summed E-state index contributed by atoms with van der Waals surface area (Å²) >= 11 is 0. The number of aliphatic hydroxyl groups excluding tert-OH is 1. The predicted octanol–water partition coefficient (Wildman–Crippen LogP) is 0.412. The highest BCUT2D eigenvalue weighted by atomic mass is 16.3. The van der Waals surface area contributed by atoms with Gasteiger partial charge in [0.15, 0.2) is 0 Å². The molecule has 1 atom stereocenters. The van der Waals surface area contributed by atoms with Crippen molar-refractivity contribution in [2.45, 2.75) is 13.0 Å². The molecular weight excluding hydrogens is 208 g/mol. The third-order valence-corrected chi connectivity index (χ3v) is 2.17. The molecule has 1 rings (SSSR count). The summed E-state index contributed by atoms with van der Waals surface area (Å²) in [6.07, 6.45) is 1.13. The van der Waals surface area contributed by atoms with E-state index < -0.39 is 11.9 Å². The Bertz CT molecular complexity index is 441. The summed E-state index contributed by atoms with van der Waals surface area (Å²) in [5.41, 5.74) is 11.4. The summed E-state index contributed by atoms with van der Waals surface area (Å²) in [6, 6.07) is 3.58. The number of aryl methyl sites for hydroxylation is 1. The maximum atomic E-state index is 10.7. The van der Waals surface area contributed by atoms with Crippen LogP contribution in [-0.2, 0) is 4.79 Å². The number of hydrogen-bond donors (Lipinski definition) is 4. The van der Waals surface area contributed by atoms with E-state index in [-0.39, 0.29) is 11.5 Å². The lowest BCUT2D eigenvalue weighted by Crippen LogP contribution is -2.34. The average molecular weight is 222 g/mol. The summed E-state index contributed by atoms with van der Waals surface area (Å²) in [5, 5.41) is 19.0. The molecule has 5 nitrogen and oxygen atoms in total. The normalized spacial score (nSPS) is 13.5. The molecule has 16 heavy (non-hydrogen) atoms. The smallest absolute Gasteiger partial charge is 0.238 e. The highest BCUT2D eigenvalue weighted by Crippen LogP contribution is 2.21. The monoisotopic (exact) mass is 222 g/mol. The van der Waals surface area contributed by atoms with E-state index in [9.17, 15) is 15.0 Å². The van der Waals surface area contributed by atoms with E-state index in [1.54, 1.807) is 19.1 Å². The SMILES string of the molecule is Cc1ccc(/C(O)=C/C(N)C(N)=O)cc1O. The molecular formula is C11H14N2O3. The Morgan fingerprint density at radius 3 is 2.62 bits per heavy atom. The highest BCUT2D eigenvalue weighted by Gasteiger charge is 2.09. The number of primary amides is 1. The molecule has 0 saturated heterocycles. The van der Waals surface area contributed by atoms with Crippen molar-refractivity contribution in [3.05, 3.63) is 35.4 Å². The van der Waals surface area contributed by atoms with Crippen LogP contribution >= 0.6 is 0 Å². The van der Waals surface area contributed by atoms with Crippen LogP contribution in [0.4, 0.5) is 0 Å². The number of benzene rings is 1. The fraction of sp³-hybridized carbons (Fsp3) is 0.182. The van der Waals surface area contributed by atoms with Crippen molar-refractivity contribution in [1.29, 1.82) is 0 Å². The van der Waals surface area contributed by atoms with Gasteiger partial charge in [-0.05, 0) is 24.6 Å². The van der Waals surface area contributed by atoms with Crippen LogP contribution in [0.15, 0.2) is 24.3 Å². The Kier molecular flexibility index (Phi) is 3.52. The number of phenolic OH excluding ortho intramolecular Hbond substituents is 1. The third-order valence-electron chi connectivity index (χ3n) is 2.17. The molecule has 5 heteroatoms. The minimum atomic E-state index is -1.05. The number of aliphatic hydroxyl groups is 1. The Balaban J connectivity index is 3.00. The van der Waals surface area contributed by atoms with Gasteiger partial charge in [0, 0.05) is 5.56 Å². The third kappa shape index (κ3) is 2.74. The Morgan fingerprint density at radius 1 is 1.50 bits per heavy atom. The second-order valence-electron chi connectivity index (χ2n) is 3.48. The number of amides is 1. The maximum absolute atomic E-state index is 10.7. The van der Waals surface area contributed by atoms with E-state index in [1.165, 1.54) is 6.07 Å². The number of aromatic hydroxyl groups is 1. The molecule has 0 saturated carbocycles. The van der Waals surface area contributed by atoms with Crippen molar-refractivity contribution < 1.29 is 15.0 Å². The zero-order chi connectivity index (χ0) is 12.3. The van der Waals surface area contributed by atoms with E-state index in [4.69, 9.17) is 11.5 Å². The van der Waals surface area contributed by atoms with Crippen LogP contribution in [0.25, 0.3) is 5.76 Å². The molecule has 0 aromatic heterocycles. The standard InChI is InChI=1S/C11H14N2O3/c1-6-2-3-7(4-9(6)14)10(15)5-8(12)11(13)16/h2-5,8,14-15H,12H2,1H3,(H2,13,16)/b10-5-. The minimum absolute atomic E-state index is 0.0603. The molecule has 0 bridgehead atoms. The molecule has 0 aliphatic heterocycles. The van der Waals surface area contributed by atoms with Gasteiger partial charge in [0.1, 0.15) is 17.6 Å². The second kappa shape index (κ2) is 4.67. The van der Waals surface area contributed by atoms with E-state index in [1.807, 2.05) is 0 Å². The summed E-state index contributed by atoms with van der Waals surface area (Å²) in [6.45, 7) is 1.73. The van der Waals surface area contributed by atoms with Crippen molar-refractivity contribution >= 4 is 11.7 Å².